The molecular weight excluding hydrogens is 416 g/mol. The minimum absolute atomic E-state index is 0.0296. The van der Waals surface area contributed by atoms with Crippen LogP contribution in [-0.2, 0) is 4.74 Å². The van der Waals surface area contributed by atoms with Crippen molar-refractivity contribution in [2.75, 3.05) is 6.54 Å². The lowest BCUT2D eigenvalue weighted by molar-refractivity contribution is 0.00365. The maximum atomic E-state index is 12.8. The zero-order chi connectivity index (χ0) is 24.1. The highest BCUT2D eigenvalue weighted by atomic mass is 28.3. The van der Waals surface area contributed by atoms with E-state index in [2.05, 4.69) is 23.7 Å². The van der Waals surface area contributed by atoms with Gasteiger partial charge in [0, 0.05) is 17.6 Å². The first-order valence-corrected chi connectivity index (χ1v) is 14.5. The Morgan fingerprint density at radius 2 is 1.78 bits per heavy atom. The van der Waals surface area contributed by atoms with Gasteiger partial charge in [-0.05, 0) is 63.3 Å². The lowest BCUT2D eigenvalue weighted by Gasteiger charge is -2.39. The summed E-state index contributed by atoms with van der Waals surface area (Å²) in [5.74, 6) is 0.447. The summed E-state index contributed by atoms with van der Waals surface area (Å²) in [5, 5.41) is 18.3. The molecule has 2 heterocycles. The summed E-state index contributed by atoms with van der Waals surface area (Å²) in [4.78, 5) is 19.0. The number of nitrogens with zero attached hydrogens (tertiary/aromatic N) is 4. The maximum absolute atomic E-state index is 12.8. The second-order valence-electron chi connectivity index (χ2n) is 10.5. The van der Waals surface area contributed by atoms with Crippen LogP contribution in [0.25, 0.3) is 10.9 Å². The van der Waals surface area contributed by atoms with Crippen LogP contribution >= 0.6 is 0 Å². The van der Waals surface area contributed by atoms with Gasteiger partial charge in [0.05, 0.1) is 11.6 Å². The summed E-state index contributed by atoms with van der Waals surface area (Å²) in [6.07, 6.45) is 1.69. The smallest absolute Gasteiger partial charge is 0.410 e. The van der Waals surface area contributed by atoms with Gasteiger partial charge in [0.25, 0.3) is 0 Å². The van der Waals surface area contributed by atoms with Gasteiger partial charge in [-0.2, -0.15) is 5.26 Å². The molecule has 0 N–H and O–H groups in total. The quantitative estimate of drug-likeness (QED) is 0.482. The van der Waals surface area contributed by atoms with Gasteiger partial charge in [-0.25, -0.2) is 15.0 Å². The van der Waals surface area contributed by atoms with E-state index < -0.39 is 13.7 Å². The average Bonchev–Trinajstić information content (AvgIpc) is 2.71. The van der Waals surface area contributed by atoms with E-state index in [1.807, 2.05) is 69.6 Å². The molecule has 0 saturated carbocycles. The minimum atomic E-state index is -1.33. The molecule has 1 aliphatic rings. The number of piperidine rings is 1. The number of aromatic nitrogens is 1. The van der Waals surface area contributed by atoms with Crippen LogP contribution < -0.4 is 0 Å². The van der Waals surface area contributed by atoms with E-state index in [1.54, 1.807) is 6.07 Å². The van der Waals surface area contributed by atoms with Gasteiger partial charge in [-0.3, -0.25) is 0 Å². The molecule has 1 aliphatic heterocycles. The SMILES string of the molecule is C[C@H]1CC[C@H](c2ccc3ccc(C#N)nc3c2)N(C(=O)OC(C)(C)C)C1.C[Si](C)(C)C#N. The average molecular weight is 451 g/mol. The maximum Gasteiger partial charge on any atom is 0.410 e. The summed E-state index contributed by atoms with van der Waals surface area (Å²) >= 11 is 0. The zero-order valence-electron chi connectivity index (χ0n) is 20.3. The highest BCUT2D eigenvalue weighted by Gasteiger charge is 2.34. The number of hydrogen-bond acceptors (Lipinski definition) is 5. The number of fused-ring (bicyclic) bond motifs is 1. The van der Waals surface area contributed by atoms with E-state index in [0.717, 1.165) is 29.3 Å². The summed E-state index contributed by atoms with van der Waals surface area (Å²) in [6, 6.07) is 11.7. The van der Waals surface area contributed by atoms with Crippen LogP contribution in [0.15, 0.2) is 30.3 Å². The number of carbonyl (C=O) groups is 1. The van der Waals surface area contributed by atoms with Gasteiger partial charge in [-0.15, -0.1) is 0 Å². The Kier molecular flexibility index (Phi) is 8.04. The fraction of sp³-hybridized carbons (Fsp3) is 0.520. The molecule has 32 heavy (non-hydrogen) atoms. The number of carbonyl (C=O) groups excluding carboxylic acids is 1. The number of pyridine rings is 1. The standard InChI is InChI=1S/C21H25N3O2.C4H9NSi/c1-14-5-10-19(24(13-14)20(25)26-21(2,3)4)16-7-6-15-8-9-17(12-22)23-18(15)11-16;1-6(2,3)4-5/h6-9,11,14,19H,5,10,13H2,1-4H3;1-3H3/t14-,19+;/m0./s1. The van der Waals surface area contributed by atoms with E-state index in [4.69, 9.17) is 15.3 Å². The minimum Gasteiger partial charge on any atom is -0.444 e. The van der Waals surface area contributed by atoms with Gasteiger partial charge >= 0.3 is 6.09 Å². The molecule has 1 saturated heterocycles. The molecule has 1 aromatic heterocycles. The fourth-order valence-corrected chi connectivity index (χ4v) is 3.43. The molecule has 170 valence electrons. The molecular formula is C25H34N4O2Si. The van der Waals surface area contributed by atoms with Crippen molar-refractivity contribution in [3.63, 3.8) is 0 Å². The van der Waals surface area contributed by atoms with Gasteiger partial charge < -0.3 is 9.64 Å². The molecule has 0 spiro atoms. The van der Waals surface area contributed by atoms with Crippen molar-refractivity contribution in [1.82, 2.24) is 9.88 Å². The number of amides is 1. The highest BCUT2D eigenvalue weighted by Crippen LogP contribution is 2.35. The lowest BCUT2D eigenvalue weighted by Crippen LogP contribution is -2.44. The molecule has 2 atom stereocenters. The summed E-state index contributed by atoms with van der Waals surface area (Å²) < 4.78 is 5.63. The Labute approximate surface area is 192 Å². The molecule has 1 fully saturated rings. The number of ether oxygens (including phenoxy) is 1. The zero-order valence-corrected chi connectivity index (χ0v) is 21.3. The monoisotopic (exact) mass is 450 g/mol. The van der Waals surface area contributed by atoms with Gasteiger partial charge in [-0.1, -0.05) is 38.7 Å². The van der Waals surface area contributed by atoms with Crippen molar-refractivity contribution < 1.29 is 9.53 Å². The number of hydrogen-bond donors (Lipinski definition) is 0. The van der Waals surface area contributed by atoms with Crippen LogP contribution in [0.2, 0.25) is 19.6 Å². The molecule has 7 heteroatoms. The number of rotatable bonds is 1. The number of benzene rings is 1. The number of nitriles is 2. The van der Waals surface area contributed by atoms with Crippen LogP contribution in [0.5, 0.6) is 0 Å². The molecule has 1 amide bonds. The summed E-state index contributed by atoms with van der Waals surface area (Å²) in [7, 11) is -1.33. The highest BCUT2D eigenvalue weighted by molar-refractivity contribution is 6.83. The summed E-state index contributed by atoms with van der Waals surface area (Å²) in [5.41, 5.74) is 3.94. The molecule has 6 nitrogen and oxygen atoms in total. The number of likely N-dealkylation sites (tertiary alicyclic amines) is 1. The van der Waals surface area contributed by atoms with Crippen LogP contribution in [-0.4, -0.2) is 36.2 Å². The second kappa shape index (κ2) is 10.1. The van der Waals surface area contributed by atoms with E-state index in [-0.39, 0.29) is 12.1 Å². The second-order valence-corrected chi connectivity index (χ2v) is 15.2. The lowest BCUT2D eigenvalue weighted by atomic mass is 9.90. The van der Waals surface area contributed by atoms with Gasteiger partial charge in [0.2, 0.25) is 0 Å². The van der Waals surface area contributed by atoms with Crippen molar-refractivity contribution in [1.29, 1.82) is 10.5 Å². The third kappa shape index (κ3) is 7.35. The Balaban J connectivity index is 0.000000534. The molecule has 2 aromatic rings. The van der Waals surface area contributed by atoms with Crippen molar-refractivity contribution >= 4 is 25.1 Å². The van der Waals surface area contributed by atoms with Gasteiger partial charge in [0.15, 0.2) is 8.07 Å². The Morgan fingerprint density at radius 1 is 1.16 bits per heavy atom. The molecule has 3 rings (SSSR count). The first-order valence-electron chi connectivity index (χ1n) is 11.0. The molecule has 0 bridgehead atoms. The first-order chi connectivity index (χ1) is 14.8. The largest absolute Gasteiger partial charge is 0.444 e. The van der Waals surface area contributed by atoms with Crippen LogP contribution in [0.4, 0.5) is 4.79 Å². The summed E-state index contributed by atoms with van der Waals surface area (Å²) in [6.45, 7) is 14.6. The van der Waals surface area contributed by atoms with Crippen LogP contribution in [0, 0.1) is 28.2 Å². The molecule has 1 aromatic carbocycles. The van der Waals surface area contributed by atoms with Crippen molar-refractivity contribution in [3.8, 4) is 11.8 Å². The molecule has 0 radical (unpaired) electrons. The normalized spacial score (nSPS) is 18.7. The molecule has 0 aliphatic carbocycles. The van der Waals surface area contributed by atoms with E-state index >= 15 is 0 Å². The van der Waals surface area contributed by atoms with Crippen LogP contribution in [0.1, 0.15) is 57.8 Å². The Bertz CT molecular complexity index is 1040. The van der Waals surface area contributed by atoms with E-state index in [1.165, 1.54) is 0 Å². The third-order valence-corrected chi connectivity index (χ3v) is 5.67. The predicted molar refractivity (Wildman–Crippen MR) is 129 cm³/mol. The van der Waals surface area contributed by atoms with Gasteiger partial charge in [0.1, 0.15) is 17.4 Å². The van der Waals surface area contributed by atoms with Crippen molar-refractivity contribution in [3.05, 3.63) is 41.6 Å². The van der Waals surface area contributed by atoms with Crippen molar-refractivity contribution in [2.45, 2.75) is 71.8 Å². The van der Waals surface area contributed by atoms with Crippen LogP contribution in [0.3, 0.4) is 0 Å². The fourth-order valence-electron chi connectivity index (χ4n) is 3.43. The van der Waals surface area contributed by atoms with E-state index in [9.17, 15) is 4.79 Å². The van der Waals surface area contributed by atoms with Crippen molar-refractivity contribution in [2.24, 2.45) is 5.92 Å². The Morgan fingerprint density at radius 3 is 2.34 bits per heavy atom. The molecule has 0 unspecified atom stereocenters. The first kappa shape index (κ1) is 25.4. The predicted octanol–water partition coefficient (Wildman–Crippen LogP) is 6.20. The third-order valence-electron chi connectivity index (χ3n) is 5.00. The topological polar surface area (TPSA) is 90.0 Å². The van der Waals surface area contributed by atoms with E-state index in [0.29, 0.717) is 18.2 Å². The Hall–Kier alpha value is -2.90.